The van der Waals surface area contributed by atoms with Gasteiger partial charge in [-0.2, -0.15) is 0 Å². The topological polar surface area (TPSA) is 72.1 Å². The number of pyridine rings is 2. The van der Waals surface area contributed by atoms with Crippen LogP contribution in [-0.2, 0) is 4.79 Å². The lowest BCUT2D eigenvalue weighted by Gasteiger charge is -2.26. The Balaban J connectivity index is 2.67. The third-order valence-corrected chi connectivity index (χ3v) is 3.67. The second kappa shape index (κ2) is 6.44. The highest BCUT2D eigenvalue weighted by molar-refractivity contribution is 9.11. The van der Waals surface area contributed by atoms with Gasteiger partial charge in [-0.3, -0.25) is 14.8 Å². The zero-order valence-corrected chi connectivity index (χ0v) is 13.5. The fourth-order valence-corrected chi connectivity index (χ4v) is 2.79. The van der Waals surface area contributed by atoms with Crippen LogP contribution in [0.3, 0.4) is 0 Å². The molecule has 2 N–H and O–H groups in total. The quantitative estimate of drug-likeness (QED) is 0.823. The summed E-state index contributed by atoms with van der Waals surface area (Å²) in [4.78, 5) is 19.7. The van der Waals surface area contributed by atoms with E-state index in [0.29, 0.717) is 0 Å². The lowest BCUT2D eigenvalue weighted by Crippen LogP contribution is -2.32. The first-order chi connectivity index (χ1) is 9.91. The van der Waals surface area contributed by atoms with E-state index in [1.54, 1.807) is 0 Å². The summed E-state index contributed by atoms with van der Waals surface area (Å²) in [6, 6.07) is 0. The summed E-state index contributed by atoms with van der Waals surface area (Å²) in [7, 11) is 0. The third kappa shape index (κ3) is 3.35. The van der Waals surface area contributed by atoms with Gasteiger partial charge in [-0.25, -0.2) is 8.78 Å². The summed E-state index contributed by atoms with van der Waals surface area (Å²) < 4.78 is 28.6. The first-order valence-electron chi connectivity index (χ1n) is 5.55. The van der Waals surface area contributed by atoms with Crippen LogP contribution in [0.25, 0.3) is 0 Å². The van der Waals surface area contributed by atoms with Crippen LogP contribution in [0.4, 0.5) is 20.2 Å². The number of anilines is 2. The van der Waals surface area contributed by atoms with Crippen molar-refractivity contribution >= 4 is 49.1 Å². The Labute approximate surface area is 135 Å². The maximum absolute atomic E-state index is 14.1. The highest BCUT2D eigenvalue weighted by atomic mass is 79.9. The van der Waals surface area contributed by atoms with Crippen LogP contribution in [0, 0.1) is 11.6 Å². The number of aromatic nitrogens is 2. The van der Waals surface area contributed by atoms with Crippen molar-refractivity contribution in [3.8, 4) is 0 Å². The van der Waals surface area contributed by atoms with Crippen LogP contribution >= 0.6 is 31.9 Å². The van der Waals surface area contributed by atoms with Gasteiger partial charge in [0.15, 0.2) is 11.6 Å². The van der Waals surface area contributed by atoms with Crippen LogP contribution in [0.2, 0.25) is 0 Å². The van der Waals surface area contributed by atoms with Gasteiger partial charge < -0.3 is 10.6 Å². The molecule has 0 aliphatic carbocycles. The van der Waals surface area contributed by atoms with E-state index in [9.17, 15) is 13.6 Å². The summed E-state index contributed by atoms with van der Waals surface area (Å²) in [6.45, 7) is -0.418. The Kier molecular flexibility index (Phi) is 4.84. The number of amides is 1. The molecular weight excluding hydrogens is 414 g/mol. The zero-order chi connectivity index (χ0) is 15.6. The number of rotatable bonds is 4. The van der Waals surface area contributed by atoms with E-state index in [2.05, 4.69) is 41.8 Å². The fourth-order valence-electron chi connectivity index (χ4n) is 1.75. The maximum Gasteiger partial charge on any atom is 0.237 e. The Hall–Kier alpha value is -1.61. The number of nitrogens with two attached hydrogens (primary N) is 1. The smallest absolute Gasteiger partial charge is 0.237 e. The molecule has 2 rings (SSSR count). The van der Waals surface area contributed by atoms with Gasteiger partial charge in [0.2, 0.25) is 5.91 Å². The van der Waals surface area contributed by atoms with Crippen molar-refractivity contribution in [1.29, 1.82) is 0 Å². The van der Waals surface area contributed by atoms with Crippen LogP contribution in [0.15, 0.2) is 33.7 Å². The van der Waals surface area contributed by atoms with E-state index in [-0.39, 0.29) is 20.3 Å². The predicted molar refractivity (Wildman–Crippen MR) is 80.0 cm³/mol. The van der Waals surface area contributed by atoms with Crippen molar-refractivity contribution in [2.75, 3.05) is 11.4 Å². The van der Waals surface area contributed by atoms with Gasteiger partial charge in [-0.15, -0.1) is 0 Å². The van der Waals surface area contributed by atoms with Gasteiger partial charge in [0.25, 0.3) is 0 Å². The van der Waals surface area contributed by atoms with Crippen molar-refractivity contribution < 1.29 is 13.6 Å². The van der Waals surface area contributed by atoms with Gasteiger partial charge in [0.1, 0.15) is 6.54 Å². The van der Waals surface area contributed by atoms with E-state index in [0.717, 1.165) is 17.3 Å². The number of primary amides is 1. The fraction of sp³-hybridized carbons (Fsp3) is 0.0833. The molecule has 0 radical (unpaired) electrons. The average Bonchev–Trinajstić information content (AvgIpc) is 2.37. The molecule has 110 valence electrons. The number of halogens is 4. The van der Waals surface area contributed by atoms with Crippen molar-refractivity contribution in [2.24, 2.45) is 5.73 Å². The second-order valence-corrected chi connectivity index (χ2v) is 5.66. The molecular formula is C12H8Br2F2N4O. The van der Waals surface area contributed by atoms with Crippen molar-refractivity contribution in [3.63, 3.8) is 0 Å². The van der Waals surface area contributed by atoms with E-state index >= 15 is 0 Å². The van der Waals surface area contributed by atoms with Crippen LogP contribution in [0.5, 0.6) is 0 Å². The molecule has 0 aliphatic rings. The number of hydrogen-bond acceptors (Lipinski definition) is 4. The van der Waals surface area contributed by atoms with Crippen LogP contribution in [0.1, 0.15) is 0 Å². The molecule has 2 aromatic rings. The second-order valence-electron chi connectivity index (χ2n) is 3.96. The lowest BCUT2D eigenvalue weighted by molar-refractivity contribution is -0.116. The predicted octanol–water partition coefficient (Wildman–Crippen LogP) is 2.90. The Morgan fingerprint density at radius 1 is 1.05 bits per heavy atom. The van der Waals surface area contributed by atoms with Crippen molar-refractivity contribution in [1.82, 2.24) is 9.97 Å². The molecule has 0 aromatic carbocycles. The summed E-state index contributed by atoms with van der Waals surface area (Å²) in [5.41, 5.74) is 5.09. The Bertz CT molecular complexity index is 607. The zero-order valence-electron chi connectivity index (χ0n) is 10.4. The third-order valence-electron chi connectivity index (χ3n) is 2.51. The van der Waals surface area contributed by atoms with Gasteiger partial charge in [0, 0.05) is 12.4 Å². The first-order valence-corrected chi connectivity index (χ1v) is 7.14. The van der Waals surface area contributed by atoms with Crippen LogP contribution < -0.4 is 10.6 Å². The molecule has 0 unspecified atom stereocenters. The average molecular weight is 422 g/mol. The largest absolute Gasteiger partial charge is 0.368 e. The minimum Gasteiger partial charge on any atom is -0.368 e. The summed E-state index contributed by atoms with van der Waals surface area (Å²) in [5.74, 6) is -2.20. The Morgan fingerprint density at radius 3 is 1.81 bits per heavy atom. The molecule has 21 heavy (non-hydrogen) atoms. The molecule has 1 amide bonds. The summed E-state index contributed by atoms with van der Waals surface area (Å²) >= 11 is 6.27. The first kappa shape index (κ1) is 15.8. The standard InChI is InChI=1S/C12H8Br2F2N4O/c13-6-1-18-3-8(15)11(6)20(5-10(17)21)12-7(14)2-19-4-9(12)16/h1-4H,5H2,(H2,17,21). The highest BCUT2D eigenvalue weighted by Gasteiger charge is 2.24. The lowest BCUT2D eigenvalue weighted by atomic mass is 10.2. The van der Waals surface area contributed by atoms with Gasteiger partial charge in [-0.1, -0.05) is 0 Å². The molecule has 0 bridgehead atoms. The molecule has 0 aliphatic heterocycles. The molecule has 0 saturated heterocycles. The van der Waals surface area contributed by atoms with Gasteiger partial charge in [0.05, 0.1) is 32.7 Å². The van der Waals surface area contributed by atoms with Gasteiger partial charge >= 0.3 is 0 Å². The molecule has 0 fully saturated rings. The summed E-state index contributed by atoms with van der Waals surface area (Å²) in [6.07, 6.45) is 4.58. The molecule has 0 spiro atoms. The summed E-state index contributed by atoms with van der Waals surface area (Å²) in [5, 5.41) is 0. The molecule has 9 heteroatoms. The number of hydrogen-bond donors (Lipinski definition) is 1. The van der Waals surface area contributed by atoms with E-state index in [4.69, 9.17) is 5.73 Å². The SMILES string of the molecule is NC(=O)CN(c1c(F)cncc1Br)c1c(F)cncc1Br. The molecule has 0 saturated carbocycles. The molecule has 0 atom stereocenters. The maximum atomic E-state index is 14.1. The van der Waals surface area contributed by atoms with Crippen molar-refractivity contribution in [2.45, 2.75) is 0 Å². The number of carbonyl (C=O) groups excluding carboxylic acids is 1. The molecule has 2 aromatic heterocycles. The number of nitrogens with zero attached hydrogens (tertiary/aromatic N) is 3. The Morgan fingerprint density at radius 2 is 1.48 bits per heavy atom. The number of carbonyl (C=O) groups is 1. The monoisotopic (exact) mass is 420 g/mol. The highest BCUT2D eigenvalue weighted by Crippen LogP contribution is 2.38. The van der Waals surface area contributed by atoms with E-state index in [1.807, 2.05) is 0 Å². The van der Waals surface area contributed by atoms with Gasteiger partial charge in [-0.05, 0) is 31.9 Å². The van der Waals surface area contributed by atoms with E-state index < -0.39 is 24.1 Å². The normalized spacial score (nSPS) is 10.5. The molecule has 5 nitrogen and oxygen atoms in total. The minimum atomic E-state index is -0.749. The van der Waals surface area contributed by atoms with Crippen molar-refractivity contribution in [3.05, 3.63) is 45.4 Å². The van der Waals surface area contributed by atoms with Crippen LogP contribution in [-0.4, -0.2) is 22.4 Å². The van der Waals surface area contributed by atoms with E-state index in [1.165, 1.54) is 12.4 Å². The molecule has 2 heterocycles. The minimum absolute atomic E-state index is 0.0467.